The molecule has 3 rings (SSSR count). The van der Waals surface area contributed by atoms with Crippen LogP contribution in [-0.4, -0.2) is 23.9 Å². The van der Waals surface area contributed by atoms with E-state index < -0.39 is 5.41 Å². The first-order valence-corrected chi connectivity index (χ1v) is 8.53. The highest BCUT2D eigenvalue weighted by atomic mass is 35.5. The van der Waals surface area contributed by atoms with Crippen molar-refractivity contribution in [3.63, 3.8) is 0 Å². The molecule has 2 fully saturated rings. The second-order valence-corrected chi connectivity index (χ2v) is 7.38. The van der Waals surface area contributed by atoms with Gasteiger partial charge in [0.2, 0.25) is 5.91 Å². The molecule has 114 valence electrons. The number of nitrogens with zero attached hydrogens (tertiary/aromatic N) is 1. The zero-order chi connectivity index (χ0) is 15.0. The van der Waals surface area contributed by atoms with Gasteiger partial charge in [-0.3, -0.25) is 4.79 Å². The molecule has 1 aromatic rings. The maximum absolute atomic E-state index is 13.1. The maximum Gasteiger partial charge on any atom is 0.233 e. The van der Waals surface area contributed by atoms with Crippen LogP contribution in [-0.2, 0) is 10.2 Å². The van der Waals surface area contributed by atoms with Gasteiger partial charge in [0, 0.05) is 23.1 Å². The van der Waals surface area contributed by atoms with E-state index >= 15 is 0 Å². The molecule has 1 aliphatic carbocycles. The standard InChI is InChI=1S/C17H21Cl2NO/c1-12-5-9-20(10-6-12)16(21)17(7-2-8-17)14-4-3-13(18)11-15(14)19/h3-4,11-12H,2,5-10H2,1H3. The minimum absolute atomic E-state index is 0.268. The Morgan fingerprint density at radius 1 is 1.24 bits per heavy atom. The molecular weight excluding hydrogens is 305 g/mol. The molecule has 1 heterocycles. The number of carbonyl (C=O) groups excluding carboxylic acids is 1. The first-order chi connectivity index (χ1) is 10.0. The van der Waals surface area contributed by atoms with Crippen molar-refractivity contribution in [1.82, 2.24) is 4.90 Å². The Balaban J connectivity index is 1.87. The molecule has 1 saturated heterocycles. The van der Waals surface area contributed by atoms with Gasteiger partial charge in [0.25, 0.3) is 0 Å². The molecule has 1 aromatic carbocycles. The summed E-state index contributed by atoms with van der Waals surface area (Å²) in [7, 11) is 0. The summed E-state index contributed by atoms with van der Waals surface area (Å²) in [5, 5.41) is 1.25. The molecule has 0 radical (unpaired) electrons. The number of hydrogen-bond acceptors (Lipinski definition) is 1. The van der Waals surface area contributed by atoms with Crippen LogP contribution in [0.5, 0.6) is 0 Å². The van der Waals surface area contributed by atoms with E-state index in [4.69, 9.17) is 23.2 Å². The van der Waals surface area contributed by atoms with E-state index in [0.717, 1.165) is 56.7 Å². The Labute approximate surface area is 136 Å². The molecule has 0 spiro atoms. The van der Waals surface area contributed by atoms with Crippen molar-refractivity contribution >= 4 is 29.1 Å². The van der Waals surface area contributed by atoms with E-state index in [1.165, 1.54) is 0 Å². The summed E-state index contributed by atoms with van der Waals surface area (Å²) < 4.78 is 0. The van der Waals surface area contributed by atoms with Crippen LogP contribution < -0.4 is 0 Å². The van der Waals surface area contributed by atoms with E-state index in [-0.39, 0.29) is 5.91 Å². The van der Waals surface area contributed by atoms with Crippen LogP contribution in [0.15, 0.2) is 18.2 Å². The van der Waals surface area contributed by atoms with Crippen molar-refractivity contribution in [3.05, 3.63) is 33.8 Å². The topological polar surface area (TPSA) is 20.3 Å². The van der Waals surface area contributed by atoms with E-state index in [1.54, 1.807) is 6.07 Å². The van der Waals surface area contributed by atoms with Gasteiger partial charge in [0.05, 0.1) is 5.41 Å². The Bertz CT molecular complexity index is 546. The molecular formula is C17H21Cl2NO. The Kier molecular flexibility index (Phi) is 4.20. The van der Waals surface area contributed by atoms with Gasteiger partial charge in [-0.2, -0.15) is 0 Å². The lowest BCUT2D eigenvalue weighted by Crippen LogP contribution is -2.53. The minimum atomic E-state index is -0.401. The lowest BCUT2D eigenvalue weighted by atomic mass is 9.63. The van der Waals surface area contributed by atoms with Crippen LogP contribution in [0, 0.1) is 5.92 Å². The third-order valence-corrected chi connectivity index (χ3v) is 5.68. The second-order valence-electron chi connectivity index (χ2n) is 6.53. The molecule has 1 saturated carbocycles. The van der Waals surface area contributed by atoms with Gasteiger partial charge in [-0.1, -0.05) is 42.6 Å². The van der Waals surface area contributed by atoms with Gasteiger partial charge in [-0.05, 0) is 49.3 Å². The summed E-state index contributed by atoms with van der Waals surface area (Å²) in [5.74, 6) is 0.996. The molecule has 0 atom stereocenters. The molecule has 4 heteroatoms. The van der Waals surface area contributed by atoms with Gasteiger partial charge >= 0.3 is 0 Å². The fraction of sp³-hybridized carbons (Fsp3) is 0.588. The lowest BCUT2D eigenvalue weighted by Gasteiger charge is -2.45. The first kappa shape index (κ1) is 15.2. The summed E-state index contributed by atoms with van der Waals surface area (Å²) in [6.07, 6.45) is 5.11. The van der Waals surface area contributed by atoms with E-state index in [9.17, 15) is 4.79 Å². The molecule has 2 nitrogen and oxygen atoms in total. The summed E-state index contributed by atoms with van der Waals surface area (Å²) in [6.45, 7) is 4.02. The van der Waals surface area contributed by atoms with Crippen LogP contribution >= 0.6 is 23.2 Å². The van der Waals surface area contributed by atoms with Crippen molar-refractivity contribution < 1.29 is 4.79 Å². The smallest absolute Gasteiger partial charge is 0.233 e. The third kappa shape index (κ3) is 2.68. The predicted octanol–water partition coefficient (Wildman–Crippen LogP) is 4.67. The molecule has 2 aliphatic rings. The van der Waals surface area contributed by atoms with Gasteiger partial charge in [0.1, 0.15) is 0 Å². The van der Waals surface area contributed by atoms with Crippen molar-refractivity contribution in [1.29, 1.82) is 0 Å². The quantitative estimate of drug-likeness (QED) is 0.773. The number of amides is 1. The monoisotopic (exact) mass is 325 g/mol. The largest absolute Gasteiger partial charge is 0.342 e. The van der Waals surface area contributed by atoms with Crippen LogP contribution in [0.25, 0.3) is 0 Å². The fourth-order valence-corrected chi connectivity index (χ4v) is 4.11. The number of carbonyl (C=O) groups is 1. The zero-order valence-corrected chi connectivity index (χ0v) is 13.9. The van der Waals surface area contributed by atoms with Gasteiger partial charge < -0.3 is 4.90 Å². The van der Waals surface area contributed by atoms with Crippen molar-refractivity contribution in [2.45, 2.75) is 44.4 Å². The van der Waals surface area contributed by atoms with Crippen LogP contribution in [0.4, 0.5) is 0 Å². The normalized spacial score (nSPS) is 22.0. The average molecular weight is 326 g/mol. The SMILES string of the molecule is CC1CCN(C(=O)C2(c3ccc(Cl)cc3Cl)CCC2)CC1. The van der Waals surface area contributed by atoms with Crippen LogP contribution in [0.3, 0.4) is 0 Å². The minimum Gasteiger partial charge on any atom is -0.342 e. The number of likely N-dealkylation sites (tertiary alicyclic amines) is 1. The lowest BCUT2D eigenvalue weighted by molar-refractivity contribution is -0.142. The third-order valence-electron chi connectivity index (χ3n) is 5.13. The van der Waals surface area contributed by atoms with Crippen molar-refractivity contribution in [2.75, 3.05) is 13.1 Å². The molecule has 0 unspecified atom stereocenters. The Morgan fingerprint density at radius 3 is 2.43 bits per heavy atom. The van der Waals surface area contributed by atoms with Crippen molar-refractivity contribution in [3.8, 4) is 0 Å². The summed E-state index contributed by atoms with van der Waals surface area (Å²) in [4.78, 5) is 15.1. The number of hydrogen-bond donors (Lipinski definition) is 0. The van der Waals surface area contributed by atoms with E-state index in [2.05, 4.69) is 6.92 Å². The van der Waals surface area contributed by atoms with Gasteiger partial charge in [-0.15, -0.1) is 0 Å². The highest BCUT2D eigenvalue weighted by Crippen LogP contribution is 2.48. The highest BCUT2D eigenvalue weighted by Gasteiger charge is 2.48. The summed E-state index contributed by atoms with van der Waals surface area (Å²) in [6, 6.07) is 5.53. The van der Waals surface area contributed by atoms with Gasteiger partial charge in [-0.25, -0.2) is 0 Å². The molecule has 1 aliphatic heterocycles. The Morgan fingerprint density at radius 2 is 1.90 bits per heavy atom. The first-order valence-electron chi connectivity index (χ1n) is 7.78. The number of benzene rings is 1. The molecule has 1 amide bonds. The molecule has 21 heavy (non-hydrogen) atoms. The van der Waals surface area contributed by atoms with Crippen LogP contribution in [0.2, 0.25) is 10.0 Å². The summed E-state index contributed by atoms with van der Waals surface area (Å²) >= 11 is 12.4. The van der Waals surface area contributed by atoms with E-state index in [0.29, 0.717) is 10.0 Å². The number of piperidine rings is 1. The molecule has 0 aromatic heterocycles. The van der Waals surface area contributed by atoms with Crippen LogP contribution in [0.1, 0.15) is 44.6 Å². The number of halogens is 2. The fourth-order valence-electron chi connectivity index (χ4n) is 3.52. The molecule has 0 bridgehead atoms. The summed E-state index contributed by atoms with van der Waals surface area (Å²) in [5.41, 5.74) is 0.561. The van der Waals surface area contributed by atoms with Gasteiger partial charge in [0.15, 0.2) is 0 Å². The number of rotatable bonds is 2. The second kappa shape index (κ2) is 5.81. The van der Waals surface area contributed by atoms with Crippen molar-refractivity contribution in [2.24, 2.45) is 5.92 Å². The molecule has 0 N–H and O–H groups in total. The van der Waals surface area contributed by atoms with E-state index in [1.807, 2.05) is 17.0 Å². The zero-order valence-electron chi connectivity index (χ0n) is 12.4. The maximum atomic E-state index is 13.1. The predicted molar refractivity (Wildman–Crippen MR) is 87.0 cm³/mol. The highest BCUT2D eigenvalue weighted by molar-refractivity contribution is 6.35. The Hall–Kier alpha value is -0.730. The average Bonchev–Trinajstić information content (AvgIpc) is 2.40.